The number of Topliss-reactive ketones (excluding diaryl/α,β-unsaturated/α-hetero) is 1. The van der Waals surface area contributed by atoms with Gasteiger partial charge in [-0.25, -0.2) is 0 Å². The molecule has 0 amide bonds. The molecule has 1 aliphatic rings. The number of rotatable bonds is 5. The van der Waals surface area contributed by atoms with Crippen molar-refractivity contribution in [3.63, 3.8) is 0 Å². The van der Waals surface area contributed by atoms with Crippen LogP contribution in [0.3, 0.4) is 0 Å². The van der Waals surface area contributed by atoms with E-state index in [-0.39, 0.29) is 0 Å². The second-order valence-electron chi connectivity index (χ2n) is 5.85. The summed E-state index contributed by atoms with van der Waals surface area (Å²) >= 11 is 0. The maximum atomic E-state index is 12.3. The van der Waals surface area contributed by atoms with E-state index in [0.29, 0.717) is 24.5 Å². The topological polar surface area (TPSA) is 30.0 Å². The van der Waals surface area contributed by atoms with E-state index in [9.17, 15) is 4.79 Å². The Hall–Kier alpha value is -1.96. The predicted octanol–water partition coefficient (Wildman–Crippen LogP) is 4.09. The third kappa shape index (κ3) is 3.57. The van der Waals surface area contributed by atoms with Crippen LogP contribution >= 0.6 is 0 Å². The van der Waals surface area contributed by atoms with Crippen molar-refractivity contribution < 1.29 is 4.79 Å². The Balaban J connectivity index is 1.58. The van der Waals surface area contributed by atoms with Gasteiger partial charge in [0.15, 0.2) is 0 Å². The first-order valence-electron chi connectivity index (χ1n) is 7.82. The highest BCUT2D eigenvalue weighted by Gasteiger charge is 2.21. The van der Waals surface area contributed by atoms with Crippen LogP contribution in [-0.4, -0.2) is 10.8 Å². The third-order valence-corrected chi connectivity index (χ3v) is 4.35. The SMILES string of the molecule is O=C(CCc1ccccn1)CC1CCCc2ccccc21. The van der Waals surface area contributed by atoms with Crippen LogP contribution in [0.1, 0.15) is 48.4 Å². The van der Waals surface area contributed by atoms with Gasteiger partial charge in [-0.15, -0.1) is 0 Å². The van der Waals surface area contributed by atoms with Gasteiger partial charge in [0.2, 0.25) is 0 Å². The molecule has 0 radical (unpaired) electrons. The maximum Gasteiger partial charge on any atom is 0.133 e. The first-order chi connectivity index (χ1) is 10.3. The van der Waals surface area contributed by atoms with Crippen molar-refractivity contribution in [3.05, 3.63) is 65.5 Å². The number of pyridine rings is 1. The van der Waals surface area contributed by atoms with Crippen molar-refractivity contribution >= 4 is 5.78 Å². The van der Waals surface area contributed by atoms with Crippen molar-refractivity contribution in [2.24, 2.45) is 0 Å². The Morgan fingerprint density at radius 3 is 2.86 bits per heavy atom. The van der Waals surface area contributed by atoms with Crippen molar-refractivity contribution in [1.29, 1.82) is 0 Å². The van der Waals surface area contributed by atoms with E-state index in [1.54, 1.807) is 6.20 Å². The van der Waals surface area contributed by atoms with E-state index in [4.69, 9.17) is 0 Å². The molecule has 21 heavy (non-hydrogen) atoms. The van der Waals surface area contributed by atoms with Crippen LogP contribution in [-0.2, 0) is 17.6 Å². The largest absolute Gasteiger partial charge is 0.300 e. The molecule has 2 nitrogen and oxygen atoms in total. The van der Waals surface area contributed by atoms with E-state index >= 15 is 0 Å². The molecule has 1 heterocycles. The highest BCUT2D eigenvalue weighted by Crippen LogP contribution is 2.34. The minimum atomic E-state index is 0.363. The zero-order valence-corrected chi connectivity index (χ0v) is 12.3. The summed E-state index contributed by atoms with van der Waals surface area (Å²) in [6.45, 7) is 0. The fraction of sp³-hybridized carbons (Fsp3) is 0.368. The number of aryl methyl sites for hydroxylation is 2. The lowest BCUT2D eigenvalue weighted by Crippen LogP contribution is -2.14. The minimum Gasteiger partial charge on any atom is -0.300 e. The van der Waals surface area contributed by atoms with Crippen LogP contribution in [0, 0.1) is 0 Å². The highest BCUT2D eigenvalue weighted by atomic mass is 16.1. The third-order valence-electron chi connectivity index (χ3n) is 4.35. The molecule has 1 aromatic heterocycles. The van der Waals surface area contributed by atoms with Crippen molar-refractivity contribution in [1.82, 2.24) is 4.98 Å². The summed E-state index contributed by atoms with van der Waals surface area (Å²) in [5.74, 6) is 0.786. The molecule has 0 saturated heterocycles. The van der Waals surface area contributed by atoms with Gasteiger partial charge in [-0.3, -0.25) is 9.78 Å². The molecule has 0 bridgehead atoms. The molecule has 2 aromatic rings. The number of ketones is 1. The monoisotopic (exact) mass is 279 g/mol. The van der Waals surface area contributed by atoms with Crippen LogP contribution in [0.2, 0.25) is 0 Å². The smallest absolute Gasteiger partial charge is 0.133 e. The van der Waals surface area contributed by atoms with Crippen molar-refractivity contribution in [3.8, 4) is 0 Å². The second kappa shape index (κ2) is 6.66. The average Bonchev–Trinajstić information content (AvgIpc) is 2.54. The maximum absolute atomic E-state index is 12.3. The number of benzene rings is 1. The minimum absolute atomic E-state index is 0.363. The van der Waals surface area contributed by atoms with E-state index in [1.165, 1.54) is 17.5 Å². The summed E-state index contributed by atoms with van der Waals surface area (Å²) in [6.07, 6.45) is 7.35. The summed E-state index contributed by atoms with van der Waals surface area (Å²) in [7, 11) is 0. The summed E-state index contributed by atoms with van der Waals surface area (Å²) in [4.78, 5) is 16.5. The lowest BCUT2D eigenvalue weighted by molar-refractivity contribution is -0.119. The number of carbonyl (C=O) groups is 1. The van der Waals surface area contributed by atoms with Crippen LogP contribution in [0.5, 0.6) is 0 Å². The van der Waals surface area contributed by atoms with Gasteiger partial charge in [0.1, 0.15) is 5.78 Å². The van der Waals surface area contributed by atoms with Gasteiger partial charge in [0.25, 0.3) is 0 Å². The molecular weight excluding hydrogens is 258 g/mol. The molecule has 0 saturated carbocycles. The lowest BCUT2D eigenvalue weighted by atomic mass is 9.80. The van der Waals surface area contributed by atoms with E-state index in [2.05, 4.69) is 29.2 Å². The number of hydrogen-bond donors (Lipinski definition) is 0. The summed E-state index contributed by atoms with van der Waals surface area (Å²) in [5.41, 5.74) is 3.84. The average molecular weight is 279 g/mol. The number of hydrogen-bond acceptors (Lipinski definition) is 2. The zero-order chi connectivity index (χ0) is 14.5. The number of aromatic nitrogens is 1. The predicted molar refractivity (Wildman–Crippen MR) is 84.3 cm³/mol. The first-order valence-corrected chi connectivity index (χ1v) is 7.82. The van der Waals surface area contributed by atoms with Crippen LogP contribution in [0.4, 0.5) is 0 Å². The molecule has 3 rings (SSSR count). The molecule has 0 N–H and O–H groups in total. The zero-order valence-electron chi connectivity index (χ0n) is 12.3. The summed E-state index contributed by atoms with van der Waals surface area (Å²) in [6, 6.07) is 14.5. The van der Waals surface area contributed by atoms with Crippen LogP contribution < -0.4 is 0 Å². The Morgan fingerprint density at radius 1 is 1.14 bits per heavy atom. The van der Waals surface area contributed by atoms with Gasteiger partial charge in [-0.05, 0) is 54.9 Å². The number of carbonyl (C=O) groups excluding carboxylic acids is 1. The standard InChI is InChI=1S/C19H21NO/c21-18(12-11-17-9-3-4-13-20-17)14-16-8-5-7-15-6-1-2-10-19(15)16/h1-4,6,9-10,13,16H,5,7-8,11-12,14H2. The lowest BCUT2D eigenvalue weighted by Gasteiger charge is -2.24. The molecular formula is C19H21NO. The van der Waals surface area contributed by atoms with Crippen molar-refractivity contribution in [2.75, 3.05) is 0 Å². The molecule has 108 valence electrons. The molecule has 2 heteroatoms. The van der Waals surface area contributed by atoms with Gasteiger partial charge in [0, 0.05) is 24.7 Å². The van der Waals surface area contributed by atoms with Crippen LogP contribution in [0.25, 0.3) is 0 Å². The molecule has 1 unspecified atom stereocenters. The Kier molecular flexibility index (Phi) is 4.44. The van der Waals surface area contributed by atoms with Gasteiger partial charge in [-0.1, -0.05) is 30.3 Å². The summed E-state index contributed by atoms with van der Waals surface area (Å²) < 4.78 is 0. The summed E-state index contributed by atoms with van der Waals surface area (Å²) in [5, 5.41) is 0. The van der Waals surface area contributed by atoms with Gasteiger partial charge >= 0.3 is 0 Å². The van der Waals surface area contributed by atoms with Gasteiger partial charge in [-0.2, -0.15) is 0 Å². The fourth-order valence-corrected chi connectivity index (χ4v) is 3.26. The quantitative estimate of drug-likeness (QED) is 0.825. The number of fused-ring (bicyclic) bond motifs is 1. The molecule has 0 spiro atoms. The molecule has 1 aromatic carbocycles. The molecule has 1 aliphatic carbocycles. The van der Waals surface area contributed by atoms with Crippen molar-refractivity contribution in [2.45, 2.75) is 44.4 Å². The Bertz CT molecular complexity index is 606. The van der Waals surface area contributed by atoms with Gasteiger partial charge in [0.05, 0.1) is 0 Å². The molecule has 0 fully saturated rings. The molecule has 0 aliphatic heterocycles. The second-order valence-corrected chi connectivity index (χ2v) is 5.85. The number of nitrogens with zero attached hydrogens (tertiary/aromatic N) is 1. The molecule has 1 atom stereocenters. The van der Waals surface area contributed by atoms with E-state index < -0.39 is 0 Å². The first kappa shape index (κ1) is 14.0. The van der Waals surface area contributed by atoms with E-state index in [1.807, 2.05) is 18.2 Å². The Morgan fingerprint density at radius 2 is 2.00 bits per heavy atom. The Labute approximate surface area is 126 Å². The van der Waals surface area contributed by atoms with Gasteiger partial charge < -0.3 is 0 Å². The normalized spacial score (nSPS) is 17.2. The van der Waals surface area contributed by atoms with E-state index in [0.717, 1.165) is 25.0 Å². The highest BCUT2D eigenvalue weighted by molar-refractivity contribution is 5.79. The fourth-order valence-electron chi connectivity index (χ4n) is 3.26. The van der Waals surface area contributed by atoms with Crippen LogP contribution in [0.15, 0.2) is 48.7 Å².